The average Bonchev–Trinajstić information content (AvgIpc) is 3.35. The van der Waals surface area contributed by atoms with Gasteiger partial charge in [0.15, 0.2) is 5.13 Å². The first-order valence-electron chi connectivity index (χ1n) is 9.70. The van der Waals surface area contributed by atoms with Crippen LogP contribution in [0.5, 0.6) is 0 Å². The lowest BCUT2D eigenvalue weighted by Crippen LogP contribution is -2.40. The van der Waals surface area contributed by atoms with E-state index < -0.39 is 0 Å². The van der Waals surface area contributed by atoms with Crippen molar-refractivity contribution in [3.8, 4) is 5.69 Å². The summed E-state index contributed by atoms with van der Waals surface area (Å²) in [6.07, 6.45) is 8.38. The number of thiazole rings is 1. The molecule has 5 rings (SSSR count). The molecule has 1 unspecified atom stereocenters. The van der Waals surface area contributed by atoms with Crippen LogP contribution in [0.4, 0.5) is 5.13 Å². The molecule has 3 aromatic rings. The molecule has 0 aliphatic carbocycles. The van der Waals surface area contributed by atoms with Gasteiger partial charge >= 0.3 is 0 Å². The Morgan fingerprint density at radius 1 is 1.07 bits per heavy atom. The average molecular weight is 382 g/mol. The topological polar surface area (TPSA) is 54.3 Å². The zero-order valence-electron chi connectivity index (χ0n) is 15.3. The van der Waals surface area contributed by atoms with Gasteiger partial charge in [0.2, 0.25) is 0 Å². The first-order valence-corrected chi connectivity index (χ1v) is 10.5. The second kappa shape index (κ2) is 7.05. The van der Waals surface area contributed by atoms with Crippen LogP contribution in [0.3, 0.4) is 0 Å². The predicted molar refractivity (Wildman–Crippen MR) is 109 cm³/mol. The second-order valence-corrected chi connectivity index (χ2v) is 8.43. The molecular formula is C20H23N5OS. The van der Waals surface area contributed by atoms with Crippen molar-refractivity contribution in [3.05, 3.63) is 47.1 Å². The minimum absolute atomic E-state index is 0.0713. The fourth-order valence-corrected chi connectivity index (χ4v) is 5.26. The van der Waals surface area contributed by atoms with E-state index in [0.717, 1.165) is 34.1 Å². The maximum Gasteiger partial charge on any atom is 0.257 e. The molecule has 6 nitrogen and oxygen atoms in total. The van der Waals surface area contributed by atoms with Crippen LogP contribution in [0, 0.1) is 0 Å². The molecule has 27 heavy (non-hydrogen) atoms. The number of likely N-dealkylation sites (tertiary alicyclic amines) is 1. The van der Waals surface area contributed by atoms with Crippen molar-refractivity contribution >= 4 is 26.7 Å². The van der Waals surface area contributed by atoms with Gasteiger partial charge in [-0.2, -0.15) is 0 Å². The maximum atomic E-state index is 12.1. The maximum absolute atomic E-state index is 12.1. The third kappa shape index (κ3) is 3.26. The van der Waals surface area contributed by atoms with Crippen LogP contribution in [0.1, 0.15) is 25.7 Å². The van der Waals surface area contributed by atoms with Gasteiger partial charge < -0.3 is 4.90 Å². The summed E-state index contributed by atoms with van der Waals surface area (Å²) in [6, 6.07) is 8.13. The summed E-state index contributed by atoms with van der Waals surface area (Å²) in [5.41, 5.74) is 1.76. The summed E-state index contributed by atoms with van der Waals surface area (Å²) in [6.45, 7) is 4.66. The Labute approximate surface area is 162 Å². The summed E-state index contributed by atoms with van der Waals surface area (Å²) in [5.74, 6) is 0. The highest BCUT2D eigenvalue weighted by atomic mass is 32.1. The van der Waals surface area contributed by atoms with E-state index in [9.17, 15) is 4.79 Å². The molecule has 0 radical (unpaired) electrons. The summed E-state index contributed by atoms with van der Waals surface area (Å²) in [5, 5.41) is 1.10. The lowest BCUT2D eigenvalue weighted by Gasteiger charge is -2.32. The van der Waals surface area contributed by atoms with Gasteiger partial charge in [0.1, 0.15) is 6.33 Å². The first-order chi connectivity index (χ1) is 13.3. The van der Waals surface area contributed by atoms with Crippen molar-refractivity contribution in [2.75, 3.05) is 31.1 Å². The molecule has 0 bridgehead atoms. The molecule has 2 aliphatic rings. The monoisotopic (exact) mass is 381 g/mol. The highest BCUT2D eigenvalue weighted by Crippen LogP contribution is 2.33. The number of benzene rings is 1. The molecule has 0 spiro atoms. The molecule has 2 fully saturated rings. The van der Waals surface area contributed by atoms with Crippen molar-refractivity contribution in [3.63, 3.8) is 0 Å². The van der Waals surface area contributed by atoms with E-state index in [0.29, 0.717) is 6.04 Å². The molecule has 7 heteroatoms. The van der Waals surface area contributed by atoms with Gasteiger partial charge in [-0.05, 0) is 50.6 Å². The third-order valence-electron chi connectivity index (χ3n) is 5.70. The number of fused-ring (bicyclic) bond motifs is 1. The molecule has 140 valence electrons. The number of aromatic nitrogens is 3. The van der Waals surface area contributed by atoms with E-state index >= 15 is 0 Å². The van der Waals surface area contributed by atoms with Crippen LogP contribution in [0.15, 0.2) is 41.6 Å². The third-order valence-corrected chi connectivity index (χ3v) is 6.78. The Morgan fingerprint density at radius 2 is 1.96 bits per heavy atom. The van der Waals surface area contributed by atoms with Crippen molar-refractivity contribution in [2.45, 2.75) is 31.7 Å². The normalized spacial score (nSPS) is 21.2. The zero-order valence-corrected chi connectivity index (χ0v) is 16.1. The fourth-order valence-electron chi connectivity index (χ4n) is 4.23. The van der Waals surface area contributed by atoms with Gasteiger partial charge in [0.25, 0.3) is 5.56 Å². The van der Waals surface area contributed by atoms with Crippen LogP contribution in [0.25, 0.3) is 15.9 Å². The summed E-state index contributed by atoms with van der Waals surface area (Å²) in [4.78, 5) is 26.1. The number of hydrogen-bond donors (Lipinski definition) is 0. The Hall–Kier alpha value is -2.25. The quantitative estimate of drug-likeness (QED) is 0.698. The molecule has 1 atom stereocenters. The van der Waals surface area contributed by atoms with Crippen molar-refractivity contribution < 1.29 is 0 Å². The molecule has 0 saturated carbocycles. The van der Waals surface area contributed by atoms with E-state index in [4.69, 9.17) is 4.98 Å². The van der Waals surface area contributed by atoms with Crippen molar-refractivity contribution in [1.82, 2.24) is 19.4 Å². The Kier molecular flexibility index (Phi) is 4.41. The van der Waals surface area contributed by atoms with Gasteiger partial charge in [-0.25, -0.2) is 9.97 Å². The van der Waals surface area contributed by atoms with Crippen LogP contribution in [-0.2, 0) is 0 Å². The summed E-state index contributed by atoms with van der Waals surface area (Å²) in [7, 11) is 0. The highest BCUT2D eigenvalue weighted by molar-refractivity contribution is 7.22. The molecule has 4 heterocycles. The standard InChI is InChI=1S/C20H23N5OS/c26-19-6-8-21-14-25(19)15-4-5-17-18(12-15)27-20(22-17)24-11-7-16(13-24)23-9-2-1-3-10-23/h4-6,8,12,14,16H,1-3,7,9-11,13H2. The number of anilines is 1. The van der Waals surface area contributed by atoms with Crippen molar-refractivity contribution in [1.29, 1.82) is 0 Å². The van der Waals surface area contributed by atoms with E-state index in [-0.39, 0.29) is 5.56 Å². The minimum atomic E-state index is -0.0713. The molecule has 1 aromatic carbocycles. The zero-order chi connectivity index (χ0) is 18.2. The van der Waals surface area contributed by atoms with Gasteiger partial charge in [0.05, 0.1) is 15.9 Å². The largest absolute Gasteiger partial charge is 0.346 e. The van der Waals surface area contributed by atoms with Gasteiger partial charge in [-0.1, -0.05) is 17.8 Å². The lowest BCUT2D eigenvalue weighted by atomic mass is 10.1. The van der Waals surface area contributed by atoms with Crippen LogP contribution in [-0.4, -0.2) is 51.7 Å². The Balaban J connectivity index is 1.39. The second-order valence-electron chi connectivity index (χ2n) is 7.42. The fraction of sp³-hybridized carbons (Fsp3) is 0.450. The van der Waals surface area contributed by atoms with E-state index in [2.05, 4.69) is 14.8 Å². The SMILES string of the molecule is O=c1ccncn1-c1ccc2nc(N3CCC(N4CCCCC4)C3)sc2c1. The molecule has 0 N–H and O–H groups in total. The molecule has 2 saturated heterocycles. The first kappa shape index (κ1) is 16.9. The molecule has 2 aliphatic heterocycles. The Bertz CT molecular complexity index is 1010. The van der Waals surface area contributed by atoms with E-state index in [1.807, 2.05) is 18.2 Å². The van der Waals surface area contributed by atoms with Gasteiger partial charge in [-0.15, -0.1) is 0 Å². The molecular weight excluding hydrogens is 358 g/mol. The summed E-state index contributed by atoms with van der Waals surface area (Å²) < 4.78 is 2.68. The van der Waals surface area contributed by atoms with Gasteiger partial charge in [-0.3, -0.25) is 14.3 Å². The van der Waals surface area contributed by atoms with Crippen LogP contribution in [0.2, 0.25) is 0 Å². The number of rotatable bonds is 3. The molecule has 2 aromatic heterocycles. The van der Waals surface area contributed by atoms with E-state index in [1.165, 1.54) is 51.0 Å². The van der Waals surface area contributed by atoms with Gasteiger partial charge in [0, 0.05) is 31.4 Å². The lowest BCUT2D eigenvalue weighted by molar-refractivity contribution is 0.175. The van der Waals surface area contributed by atoms with Crippen LogP contribution >= 0.6 is 11.3 Å². The summed E-state index contributed by atoms with van der Waals surface area (Å²) >= 11 is 1.72. The Morgan fingerprint density at radius 3 is 2.81 bits per heavy atom. The number of nitrogens with zero attached hydrogens (tertiary/aromatic N) is 5. The predicted octanol–water partition coefficient (Wildman–Crippen LogP) is 2.91. The number of hydrogen-bond acceptors (Lipinski definition) is 6. The number of piperidine rings is 1. The van der Waals surface area contributed by atoms with Crippen molar-refractivity contribution in [2.24, 2.45) is 0 Å². The highest BCUT2D eigenvalue weighted by Gasteiger charge is 2.29. The smallest absolute Gasteiger partial charge is 0.257 e. The molecule has 0 amide bonds. The van der Waals surface area contributed by atoms with Crippen LogP contribution < -0.4 is 10.5 Å². The van der Waals surface area contributed by atoms with E-state index in [1.54, 1.807) is 22.2 Å². The minimum Gasteiger partial charge on any atom is -0.346 e.